The maximum atomic E-state index is 5.82. The van der Waals surface area contributed by atoms with Crippen molar-refractivity contribution in [2.45, 2.75) is 0 Å². The first-order valence-electron chi connectivity index (χ1n) is 7.23. The third-order valence-electron chi connectivity index (χ3n) is 3.36. The minimum absolute atomic E-state index is 0.535. The van der Waals surface area contributed by atoms with Crippen molar-refractivity contribution in [1.82, 2.24) is 0 Å². The van der Waals surface area contributed by atoms with Gasteiger partial charge in [0.2, 0.25) is 0 Å². The van der Waals surface area contributed by atoms with Gasteiger partial charge in [0.25, 0.3) is 0 Å². The van der Waals surface area contributed by atoms with Crippen molar-refractivity contribution in [2.24, 2.45) is 5.73 Å². The second kappa shape index (κ2) is 8.04. The van der Waals surface area contributed by atoms with E-state index in [2.05, 4.69) is 15.0 Å². The third-order valence-corrected chi connectivity index (χ3v) is 3.69. The van der Waals surface area contributed by atoms with E-state index in [1.807, 2.05) is 30.3 Å². The Labute approximate surface area is 138 Å². The lowest BCUT2D eigenvalue weighted by molar-refractivity contribution is 0.172. The Balaban J connectivity index is 0.000000924. The van der Waals surface area contributed by atoms with Crippen LogP contribution in [0.25, 0.3) is 11.1 Å². The van der Waals surface area contributed by atoms with Gasteiger partial charge in [0.1, 0.15) is 24.7 Å². The van der Waals surface area contributed by atoms with E-state index in [9.17, 15) is 0 Å². The van der Waals surface area contributed by atoms with Crippen LogP contribution in [-0.2, 0) is 0 Å². The van der Waals surface area contributed by atoms with Crippen LogP contribution >= 0.6 is 9.24 Å². The van der Waals surface area contributed by atoms with Crippen molar-refractivity contribution < 1.29 is 18.9 Å². The number of ether oxygens (including phenoxy) is 4. The Morgan fingerprint density at radius 1 is 1.00 bits per heavy atom. The van der Waals surface area contributed by atoms with Gasteiger partial charge in [-0.15, -0.1) is 9.24 Å². The summed E-state index contributed by atoms with van der Waals surface area (Å²) in [6.45, 7) is 1.09. The number of fused-ring (bicyclic) bond motifs is 1. The molecule has 5 nitrogen and oxygen atoms in total. The van der Waals surface area contributed by atoms with Crippen molar-refractivity contribution in [1.29, 1.82) is 0 Å². The Morgan fingerprint density at radius 3 is 2.22 bits per heavy atom. The largest absolute Gasteiger partial charge is 0.496 e. The molecular formula is C17H22NO4P. The molecule has 23 heavy (non-hydrogen) atoms. The lowest BCUT2D eigenvalue weighted by Crippen LogP contribution is -2.17. The van der Waals surface area contributed by atoms with Gasteiger partial charge in [-0.1, -0.05) is 6.07 Å². The van der Waals surface area contributed by atoms with Crippen molar-refractivity contribution >= 4 is 14.5 Å². The quantitative estimate of drug-likeness (QED) is 0.872. The first kappa shape index (κ1) is 17.4. The molecule has 0 aromatic heterocycles. The summed E-state index contributed by atoms with van der Waals surface area (Å²) in [5.41, 5.74) is 6.28. The predicted molar refractivity (Wildman–Crippen MR) is 95.4 cm³/mol. The van der Waals surface area contributed by atoms with E-state index in [1.54, 1.807) is 14.2 Å². The Kier molecular flexibility index (Phi) is 6.08. The summed E-state index contributed by atoms with van der Waals surface area (Å²) in [7, 11) is 7.48. The van der Waals surface area contributed by atoms with Gasteiger partial charge in [0.05, 0.1) is 19.8 Å². The van der Waals surface area contributed by atoms with Gasteiger partial charge in [0.15, 0.2) is 11.5 Å². The number of hydrogen-bond acceptors (Lipinski definition) is 5. The zero-order valence-electron chi connectivity index (χ0n) is 13.6. The van der Waals surface area contributed by atoms with Crippen LogP contribution in [0.1, 0.15) is 0 Å². The van der Waals surface area contributed by atoms with Crippen LogP contribution in [0.15, 0.2) is 30.3 Å². The number of benzene rings is 2. The van der Waals surface area contributed by atoms with Crippen molar-refractivity contribution in [2.75, 3.05) is 34.5 Å². The minimum Gasteiger partial charge on any atom is -0.496 e. The number of methoxy groups -OCH3 is 2. The van der Waals surface area contributed by atoms with Gasteiger partial charge in [0, 0.05) is 5.56 Å². The maximum Gasteiger partial charge on any atom is 0.169 e. The SMILES string of the molecule is CN.COc1cccc(OC)c1-c1cc(P)cc2c1OCCO2. The first-order valence-corrected chi connectivity index (χ1v) is 7.80. The van der Waals surface area contributed by atoms with Crippen LogP contribution in [0.2, 0.25) is 0 Å². The molecule has 2 aromatic rings. The average Bonchev–Trinajstić information content (AvgIpc) is 2.61. The summed E-state index contributed by atoms with van der Waals surface area (Å²) in [5.74, 6) is 2.95. The zero-order chi connectivity index (χ0) is 16.8. The lowest BCUT2D eigenvalue weighted by Gasteiger charge is -2.23. The molecule has 0 aliphatic carbocycles. The molecule has 124 valence electrons. The van der Waals surface area contributed by atoms with E-state index in [1.165, 1.54) is 7.05 Å². The molecule has 2 N–H and O–H groups in total. The summed E-state index contributed by atoms with van der Waals surface area (Å²) in [6.07, 6.45) is 0. The van der Waals surface area contributed by atoms with Gasteiger partial charge in [-0.3, -0.25) is 0 Å². The van der Waals surface area contributed by atoms with E-state index in [0.717, 1.165) is 39.4 Å². The molecule has 0 radical (unpaired) electrons. The summed E-state index contributed by atoms with van der Waals surface area (Å²) < 4.78 is 22.5. The van der Waals surface area contributed by atoms with E-state index < -0.39 is 0 Å². The van der Waals surface area contributed by atoms with Gasteiger partial charge in [-0.25, -0.2) is 0 Å². The number of rotatable bonds is 3. The fourth-order valence-electron chi connectivity index (χ4n) is 2.48. The fourth-order valence-corrected chi connectivity index (χ4v) is 2.80. The van der Waals surface area contributed by atoms with Crippen LogP contribution in [0.3, 0.4) is 0 Å². The molecule has 1 heterocycles. The molecule has 0 fully saturated rings. The maximum absolute atomic E-state index is 5.82. The highest BCUT2D eigenvalue weighted by molar-refractivity contribution is 7.27. The molecule has 6 heteroatoms. The van der Waals surface area contributed by atoms with Crippen molar-refractivity contribution in [3.8, 4) is 34.1 Å². The van der Waals surface area contributed by atoms with E-state index in [0.29, 0.717) is 13.2 Å². The van der Waals surface area contributed by atoms with Crippen molar-refractivity contribution in [3.63, 3.8) is 0 Å². The summed E-state index contributed by atoms with van der Waals surface area (Å²) in [5, 5.41) is 1.02. The highest BCUT2D eigenvalue weighted by atomic mass is 31.0. The summed E-state index contributed by atoms with van der Waals surface area (Å²) >= 11 is 0. The molecule has 1 aliphatic heterocycles. The minimum atomic E-state index is 0.535. The number of hydrogen-bond donors (Lipinski definition) is 1. The monoisotopic (exact) mass is 335 g/mol. The molecule has 0 spiro atoms. The smallest absolute Gasteiger partial charge is 0.169 e. The molecule has 0 saturated heterocycles. The highest BCUT2D eigenvalue weighted by Crippen LogP contribution is 2.46. The van der Waals surface area contributed by atoms with Crippen LogP contribution in [0.4, 0.5) is 0 Å². The Morgan fingerprint density at radius 2 is 1.61 bits per heavy atom. The topological polar surface area (TPSA) is 62.9 Å². The van der Waals surface area contributed by atoms with Crippen molar-refractivity contribution in [3.05, 3.63) is 30.3 Å². The van der Waals surface area contributed by atoms with Gasteiger partial charge in [-0.05, 0) is 36.6 Å². The van der Waals surface area contributed by atoms with E-state index in [-0.39, 0.29) is 0 Å². The zero-order valence-corrected chi connectivity index (χ0v) is 14.7. The standard InChI is InChI=1S/C16H17O4P.CH5N/c1-17-12-4-3-5-13(18-2)15(12)11-8-10(21)9-14-16(11)20-7-6-19-14;1-2/h3-5,8-9H,6-7,21H2,1-2H3;2H2,1H3. The molecule has 0 saturated carbocycles. The second-order valence-electron chi connectivity index (χ2n) is 4.63. The molecule has 1 aliphatic rings. The van der Waals surface area contributed by atoms with Crippen LogP contribution in [0.5, 0.6) is 23.0 Å². The van der Waals surface area contributed by atoms with Crippen LogP contribution in [0, 0.1) is 0 Å². The van der Waals surface area contributed by atoms with Gasteiger partial charge in [-0.2, -0.15) is 0 Å². The highest BCUT2D eigenvalue weighted by Gasteiger charge is 2.22. The fraction of sp³-hybridized carbons (Fsp3) is 0.294. The number of nitrogens with two attached hydrogens (primary N) is 1. The van der Waals surface area contributed by atoms with Crippen LogP contribution in [-0.4, -0.2) is 34.5 Å². The Hall–Kier alpha value is -1.97. The molecule has 0 amide bonds. The molecule has 0 bridgehead atoms. The Bertz CT molecular complexity index is 654. The normalized spacial score (nSPS) is 12.0. The van der Waals surface area contributed by atoms with Gasteiger partial charge < -0.3 is 24.7 Å². The summed E-state index contributed by atoms with van der Waals surface area (Å²) in [6, 6.07) is 9.69. The van der Waals surface area contributed by atoms with Crippen LogP contribution < -0.4 is 30.0 Å². The summed E-state index contributed by atoms with van der Waals surface area (Å²) in [4.78, 5) is 0. The van der Waals surface area contributed by atoms with E-state index in [4.69, 9.17) is 18.9 Å². The third kappa shape index (κ3) is 3.52. The molecule has 3 rings (SSSR count). The molecular weight excluding hydrogens is 313 g/mol. The van der Waals surface area contributed by atoms with Gasteiger partial charge >= 0.3 is 0 Å². The average molecular weight is 335 g/mol. The molecule has 1 atom stereocenters. The first-order chi connectivity index (χ1) is 11.2. The second-order valence-corrected chi connectivity index (χ2v) is 5.30. The predicted octanol–water partition coefficient (Wildman–Crippen LogP) is 2.22. The molecule has 1 unspecified atom stereocenters. The lowest BCUT2D eigenvalue weighted by atomic mass is 10.0. The van der Waals surface area contributed by atoms with E-state index >= 15 is 0 Å². The molecule has 2 aromatic carbocycles.